The molecule has 0 aromatic heterocycles. The van der Waals surface area contributed by atoms with E-state index in [4.69, 9.17) is 0 Å². The standard InChI is InChI=1S/C18H16F3NO2/c1-11(12-5-3-2-4-6-12)22-16(23)15(17(22)24)13-7-9-14(10-8-13)18(19,20)21/h2-11,15-16,23H,1H3. The predicted octanol–water partition coefficient (Wildman–Crippen LogP) is 3.71. The third-order valence-corrected chi connectivity index (χ3v) is 4.40. The number of hydrogen-bond acceptors (Lipinski definition) is 2. The molecule has 0 aliphatic carbocycles. The minimum atomic E-state index is -4.42. The number of halogens is 3. The van der Waals surface area contributed by atoms with Crippen LogP contribution >= 0.6 is 0 Å². The van der Waals surface area contributed by atoms with Crippen molar-refractivity contribution in [2.24, 2.45) is 0 Å². The third kappa shape index (κ3) is 2.78. The molecule has 1 amide bonds. The molecule has 1 aliphatic heterocycles. The summed E-state index contributed by atoms with van der Waals surface area (Å²) in [5.74, 6) is -1.11. The topological polar surface area (TPSA) is 40.5 Å². The summed E-state index contributed by atoms with van der Waals surface area (Å²) < 4.78 is 37.8. The predicted molar refractivity (Wildman–Crippen MR) is 81.9 cm³/mol. The molecule has 1 N–H and O–H groups in total. The molecule has 3 unspecified atom stereocenters. The lowest BCUT2D eigenvalue weighted by atomic mass is 9.85. The molecule has 0 saturated carbocycles. The van der Waals surface area contributed by atoms with Gasteiger partial charge in [-0.15, -0.1) is 0 Å². The fourth-order valence-corrected chi connectivity index (χ4v) is 3.00. The van der Waals surface area contributed by atoms with E-state index in [1.54, 1.807) is 6.92 Å². The molecule has 0 bridgehead atoms. The van der Waals surface area contributed by atoms with E-state index in [0.717, 1.165) is 17.7 Å². The van der Waals surface area contributed by atoms with E-state index >= 15 is 0 Å². The maximum absolute atomic E-state index is 12.6. The summed E-state index contributed by atoms with van der Waals surface area (Å²) >= 11 is 0. The van der Waals surface area contributed by atoms with Crippen LogP contribution in [0.15, 0.2) is 54.6 Å². The number of benzene rings is 2. The summed E-state index contributed by atoms with van der Waals surface area (Å²) in [4.78, 5) is 13.8. The van der Waals surface area contributed by atoms with E-state index in [1.807, 2.05) is 30.3 Å². The van der Waals surface area contributed by atoms with Crippen molar-refractivity contribution in [1.29, 1.82) is 0 Å². The van der Waals surface area contributed by atoms with Crippen molar-refractivity contribution in [1.82, 2.24) is 4.90 Å². The van der Waals surface area contributed by atoms with Gasteiger partial charge in [0.1, 0.15) is 12.1 Å². The van der Waals surface area contributed by atoms with Gasteiger partial charge in [-0.25, -0.2) is 0 Å². The molecule has 2 aromatic carbocycles. The Kier molecular flexibility index (Phi) is 4.09. The Labute approximate surface area is 137 Å². The van der Waals surface area contributed by atoms with Crippen molar-refractivity contribution in [3.8, 4) is 0 Å². The largest absolute Gasteiger partial charge is 0.416 e. The van der Waals surface area contributed by atoms with Gasteiger partial charge >= 0.3 is 6.18 Å². The highest BCUT2D eigenvalue weighted by molar-refractivity contribution is 5.90. The molecule has 2 aromatic rings. The molecule has 0 spiro atoms. The fraction of sp³-hybridized carbons (Fsp3) is 0.278. The van der Waals surface area contributed by atoms with Crippen LogP contribution in [-0.4, -0.2) is 22.1 Å². The minimum absolute atomic E-state index is 0.293. The molecular formula is C18H16F3NO2. The molecule has 3 nitrogen and oxygen atoms in total. The van der Waals surface area contributed by atoms with Gasteiger partial charge in [-0.3, -0.25) is 4.79 Å². The zero-order valence-corrected chi connectivity index (χ0v) is 12.9. The van der Waals surface area contributed by atoms with Gasteiger partial charge in [0, 0.05) is 0 Å². The quantitative estimate of drug-likeness (QED) is 0.869. The number of alkyl halides is 3. The number of aliphatic hydroxyl groups is 1. The van der Waals surface area contributed by atoms with E-state index in [2.05, 4.69) is 0 Å². The average Bonchev–Trinajstić information content (AvgIpc) is 2.55. The Hall–Kier alpha value is -2.34. The summed E-state index contributed by atoms with van der Waals surface area (Å²) in [6, 6.07) is 13.3. The summed E-state index contributed by atoms with van der Waals surface area (Å²) in [5.41, 5.74) is 0.495. The van der Waals surface area contributed by atoms with Gasteiger partial charge < -0.3 is 10.0 Å². The number of carbonyl (C=O) groups excluding carboxylic acids is 1. The summed E-state index contributed by atoms with van der Waals surface area (Å²) in [6.07, 6.45) is -5.47. The molecule has 3 rings (SSSR count). The van der Waals surface area contributed by atoms with Gasteiger partial charge in [0.25, 0.3) is 0 Å². The van der Waals surface area contributed by atoms with Crippen molar-refractivity contribution < 1.29 is 23.1 Å². The number of hydrogen-bond donors (Lipinski definition) is 1. The lowest BCUT2D eigenvalue weighted by molar-refractivity contribution is -0.177. The van der Waals surface area contributed by atoms with Crippen molar-refractivity contribution in [2.75, 3.05) is 0 Å². The lowest BCUT2D eigenvalue weighted by Crippen LogP contribution is -2.59. The molecule has 1 heterocycles. The summed E-state index contributed by atoms with van der Waals surface area (Å²) in [5, 5.41) is 10.3. The molecule has 126 valence electrons. The number of aliphatic hydroxyl groups excluding tert-OH is 1. The van der Waals surface area contributed by atoms with Gasteiger partial charge in [0.15, 0.2) is 0 Å². The Bertz CT molecular complexity index is 728. The van der Waals surface area contributed by atoms with Crippen molar-refractivity contribution in [3.05, 3.63) is 71.3 Å². The molecule has 1 fully saturated rings. The normalized spacial score (nSPS) is 22.2. The second-order valence-electron chi connectivity index (χ2n) is 5.84. The fourth-order valence-electron chi connectivity index (χ4n) is 3.00. The molecule has 3 atom stereocenters. The highest BCUT2D eigenvalue weighted by Gasteiger charge is 2.49. The zero-order valence-electron chi connectivity index (χ0n) is 12.9. The number of amides is 1. The van der Waals surface area contributed by atoms with Crippen LogP contribution in [0.1, 0.15) is 35.6 Å². The summed E-state index contributed by atoms with van der Waals surface area (Å²) in [6.45, 7) is 1.80. The lowest BCUT2D eigenvalue weighted by Gasteiger charge is -2.47. The number of nitrogens with zero attached hydrogens (tertiary/aromatic N) is 1. The van der Waals surface area contributed by atoms with Gasteiger partial charge in [-0.05, 0) is 30.2 Å². The third-order valence-electron chi connectivity index (χ3n) is 4.40. The van der Waals surface area contributed by atoms with Gasteiger partial charge in [0.05, 0.1) is 11.6 Å². The van der Waals surface area contributed by atoms with E-state index in [-0.39, 0.29) is 11.9 Å². The SMILES string of the molecule is CC(c1ccccc1)N1C(=O)C(c2ccc(C(F)(F)F)cc2)C1O. The van der Waals surface area contributed by atoms with Crippen LogP contribution in [0.3, 0.4) is 0 Å². The highest BCUT2D eigenvalue weighted by Crippen LogP contribution is 2.40. The molecule has 24 heavy (non-hydrogen) atoms. The maximum Gasteiger partial charge on any atom is 0.416 e. The second-order valence-corrected chi connectivity index (χ2v) is 5.84. The number of likely N-dealkylation sites (tertiary alicyclic amines) is 1. The van der Waals surface area contributed by atoms with Crippen LogP contribution in [0.4, 0.5) is 13.2 Å². The smallest absolute Gasteiger partial charge is 0.372 e. The second kappa shape index (κ2) is 5.94. The average molecular weight is 335 g/mol. The highest BCUT2D eigenvalue weighted by atomic mass is 19.4. The summed E-state index contributed by atoms with van der Waals surface area (Å²) in [7, 11) is 0. The van der Waals surface area contributed by atoms with E-state index in [1.165, 1.54) is 17.0 Å². The zero-order chi connectivity index (χ0) is 17.5. The molecule has 1 saturated heterocycles. The van der Waals surface area contributed by atoms with Crippen LogP contribution in [0, 0.1) is 0 Å². The minimum Gasteiger partial charge on any atom is -0.372 e. The van der Waals surface area contributed by atoms with Crippen LogP contribution in [0.5, 0.6) is 0 Å². The van der Waals surface area contributed by atoms with Gasteiger partial charge in [-0.1, -0.05) is 42.5 Å². The van der Waals surface area contributed by atoms with Crippen LogP contribution in [-0.2, 0) is 11.0 Å². The van der Waals surface area contributed by atoms with E-state index in [9.17, 15) is 23.1 Å². The van der Waals surface area contributed by atoms with Crippen molar-refractivity contribution in [2.45, 2.75) is 31.3 Å². The van der Waals surface area contributed by atoms with Crippen LogP contribution < -0.4 is 0 Å². The molecule has 0 radical (unpaired) electrons. The number of carbonyl (C=O) groups is 1. The van der Waals surface area contributed by atoms with Gasteiger partial charge in [0.2, 0.25) is 5.91 Å². The van der Waals surface area contributed by atoms with Crippen LogP contribution in [0.2, 0.25) is 0 Å². The Morgan fingerprint density at radius 3 is 2.12 bits per heavy atom. The number of rotatable bonds is 3. The Balaban J connectivity index is 1.77. The first-order chi connectivity index (χ1) is 11.3. The van der Waals surface area contributed by atoms with Gasteiger partial charge in [-0.2, -0.15) is 13.2 Å². The van der Waals surface area contributed by atoms with Crippen molar-refractivity contribution >= 4 is 5.91 Å². The molecule has 6 heteroatoms. The van der Waals surface area contributed by atoms with E-state index in [0.29, 0.717) is 5.56 Å². The number of β-lactam (4-membered cyclic amide) rings is 1. The van der Waals surface area contributed by atoms with Crippen LogP contribution in [0.25, 0.3) is 0 Å². The maximum atomic E-state index is 12.6. The first kappa shape index (κ1) is 16.5. The first-order valence-electron chi connectivity index (χ1n) is 7.53. The first-order valence-corrected chi connectivity index (χ1v) is 7.53. The molecular weight excluding hydrogens is 319 g/mol. The molecule has 1 aliphatic rings. The Morgan fingerprint density at radius 1 is 1.04 bits per heavy atom. The van der Waals surface area contributed by atoms with Crippen molar-refractivity contribution in [3.63, 3.8) is 0 Å². The van der Waals surface area contributed by atoms with E-state index < -0.39 is 23.9 Å². The monoisotopic (exact) mass is 335 g/mol. The Morgan fingerprint density at radius 2 is 1.62 bits per heavy atom.